The highest BCUT2D eigenvalue weighted by atomic mass is 35.5. The van der Waals surface area contributed by atoms with Gasteiger partial charge in [0.25, 0.3) is 5.91 Å². The molecule has 30 heavy (non-hydrogen) atoms. The van der Waals surface area contributed by atoms with Crippen molar-refractivity contribution in [1.82, 2.24) is 0 Å². The maximum absolute atomic E-state index is 13.1. The first-order valence-corrected chi connectivity index (χ1v) is 9.60. The Kier molecular flexibility index (Phi) is 5.33. The van der Waals surface area contributed by atoms with Gasteiger partial charge < -0.3 is 18.9 Å². The minimum Gasteiger partial charge on any atom is -0.476 e. The van der Waals surface area contributed by atoms with E-state index >= 15 is 0 Å². The Labute approximate surface area is 177 Å². The van der Waals surface area contributed by atoms with Crippen LogP contribution in [-0.4, -0.2) is 12.5 Å². The Hall–Kier alpha value is -3.51. The molecule has 6 nitrogen and oxygen atoms in total. The molecule has 1 amide bonds. The summed E-state index contributed by atoms with van der Waals surface area (Å²) in [4.78, 5) is 25.5. The molecule has 0 saturated carbocycles. The quantitative estimate of drug-likeness (QED) is 0.468. The second-order valence-electron chi connectivity index (χ2n) is 6.85. The molecule has 2 aromatic carbocycles. The summed E-state index contributed by atoms with van der Waals surface area (Å²) >= 11 is 5.93. The van der Waals surface area contributed by atoms with Crippen molar-refractivity contribution in [3.63, 3.8) is 0 Å². The molecule has 0 fully saturated rings. The number of benzene rings is 2. The van der Waals surface area contributed by atoms with E-state index in [2.05, 4.69) is 5.32 Å². The Morgan fingerprint density at radius 3 is 2.63 bits per heavy atom. The summed E-state index contributed by atoms with van der Waals surface area (Å²) in [6.07, 6.45) is 1.47. The first-order valence-electron chi connectivity index (χ1n) is 9.22. The average Bonchev–Trinajstić information content (AvgIpc) is 3.23. The van der Waals surface area contributed by atoms with E-state index in [9.17, 15) is 9.59 Å². The SMILES string of the molecule is Cc1cc2oc(-c3ccco3)c(OCC(=O)Nc3cccc(Cl)c3)c(=O)c2cc1C. The van der Waals surface area contributed by atoms with E-state index in [0.717, 1.165) is 11.1 Å². The van der Waals surface area contributed by atoms with Crippen molar-refractivity contribution in [3.8, 4) is 17.3 Å². The van der Waals surface area contributed by atoms with Crippen LogP contribution in [0.15, 0.2) is 68.4 Å². The topological polar surface area (TPSA) is 81.7 Å². The van der Waals surface area contributed by atoms with Crippen LogP contribution in [0.2, 0.25) is 5.02 Å². The van der Waals surface area contributed by atoms with Crippen LogP contribution < -0.4 is 15.5 Å². The van der Waals surface area contributed by atoms with Crippen LogP contribution in [-0.2, 0) is 4.79 Å². The molecule has 0 spiro atoms. The lowest BCUT2D eigenvalue weighted by Crippen LogP contribution is -2.22. The monoisotopic (exact) mass is 423 g/mol. The number of hydrogen-bond acceptors (Lipinski definition) is 5. The van der Waals surface area contributed by atoms with Gasteiger partial charge in [-0.3, -0.25) is 9.59 Å². The number of nitrogens with one attached hydrogen (secondary N) is 1. The first kappa shape index (κ1) is 19.8. The van der Waals surface area contributed by atoms with Crippen molar-refractivity contribution in [2.45, 2.75) is 13.8 Å². The molecule has 2 heterocycles. The predicted molar refractivity (Wildman–Crippen MR) is 115 cm³/mol. The van der Waals surface area contributed by atoms with Crippen LogP contribution >= 0.6 is 11.6 Å². The molecule has 152 valence electrons. The molecular formula is C23H18ClNO5. The van der Waals surface area contributed by atoms with Crippen molar-refractivity contribution < 1.29 is 18.4 Å². The molecule has 4 aromatic rings. The normalized spacial score (nSPS) is 10.9. The number of hydrogen-bond donors (Lipinski definition) is 1. The summed E-state index contributed by atoms with van der Waals surface area (Å²) in [5.74, 6) is -0.0574. The van der Waals surface area contributed by atoms with E-state index in [1.165, 1.54) is 6.26 Å². The van der Waals surface area contributed by atoms with E-state index in [4.69, 9.17) is 25.2 Å². The highest BCUT2D eigenvalue weighted by Crippen LogP contribution is 2.32. The van der Waals surface area contributed by atoms with Gasteiger partial charge in [0.2, 0.25) is 16.9 Å². The molecule has 1 N–H and O–H groups in total. The number of anilines is 1. The fourth-order valence-corrected chi connectivity index (χ4v) is 3.23. The predicted octanol–water partition coefficient (Wildman–Crippen LogP) is 5.34. The lowest BCUT2D eigenvalue weighted by molar-refractivity contribution is -0.118. The van der Waals surface area contributed by atoms with Gasteiger partial charge in [0.1, 0.15) is 5.58 Å². The van der Waals surface area contributed by atoms with Crippen molar-refractivity contribution in [2.75, 3.05) is 11.9 Å². The molecule has 0 aliphatic heterocycles. The Morgan fingerprint density at radius 2 is 1.90 bits per heavy atom. The maximum Gasteiger partial charge on any atom is 0.262 e. The lowest BCUT2D eigenvalue weighted by atomic mass is 10.1. The van der Waals surface area contributed by atoms with Gasteiger partial charge in [0.05, 0.1) is 11.6 Å². The zero-order valence-electron chi connectivity index (χ0n) is 16.3. The second kappa shape index (κ2) is 8.08. The van der Waals surface area contributed by atoms with E-state index in [0.29, 0.717) is 27.4 Å². The fourth-order valence-electron chi connectivity index (χ4n) is 3.04. The number of halogens is 1. The summed E-state index contributed by atoms with van der Waals surface area (Å²) < 4.78 is 17.0. The number of furan rings is 1. The first-order chi connectivity index (χ1) is 14.4. The van der Waals surface area contributed by atoms with Gasteiger partial charge in [-0.1, -0.05) is 17.7 Å². The number of ether oxygens (including phenoxy) is 1. The van der Waals surface area contributed by atoms with Crippen LogP contribution in [0.25, 0.3) is 22.5 Å². The van der Waals surface area contributed by atoms with Crippen LogP contribution in [0.5, 0.6) is 5.75 Å². The molecule has 0 aliphatic rings. The number of fused-ring (bicyclic) bond motifs is 1. The molecule has 4 rings (SSSR count). The van der Waals surface area contributed by atoms with Gasteiger partial charge in [0.15, 0.2) is 12.4 Å². The van der Waals surface area contributed by atoms with E-state index in [1.54, 1.807) is 48.5 Å². The lowest BCUT2D eigenvalue weighted by Gasteiger charge is -2.11. The molecule has 0 unspecified atom stereocenters. The maximum atomic E-state index is 13.1. The third-order valence-electron chi connectivity index (χ3n) is 4.67. The minimum absolute atomic E-state index is 0.0815. The molecule has 2 aromatic heterocycles. The highest BCUT2D eigenvalue weighted by Gasteiger charge is 2.21. The van der Waals surface area contributed by atoms with E-state index in [-0.39, 0.29) is 23.5 Å². The van der Waals surface area contributed by atoms with Crippen molar-refractivity contribution in [1.29, 1.82) is 0 Å². The van der Waals surface area contributed by atoms with Gasteiger partial charge in [-0.2, -0.15) is 0 Å². The van der Waals surface area contributed by atoms with Gasteiger partial charge in [-0.15, -0.1) is 0 Å². The van der Waals surface area contributed by atoms with Crippen molar-refractivity contribution in [2.24, 2.45) is 0 Å². The minimum atomic E-state index is -0.442. The standard InChI is InChI=1S/C23H18ClNO5/c1-13-9-17-19(10-14(13)2)30-22(18-7-4-8-28-18)23(21(17)27)29-12-20(26)25-16-6-3-5-15(24)11-16/h3-11H,12H2,1-2H3,(H,25,26). The van der Waals surface area contributed by atoms with Crippen molar-refractivity contribution >= 4 is 34.2 Å². The number of rotatable bonds is 5. The fraction of sp³-hybridized carbons (Fsp3) is 0.130. The van der Waals surface area contributed by atoms with Crippen LogP contribution in [0.4, 0.5) is 5.69 Å². The van der Waals surface area contributed by atoms with Crippen molar-refractivity contribution in [3.05, 3.63) is 81.2 Å². The number of carbonyl (C=O) groups is 1. The summed E-state index contributed by atoms with van der Waals surface area (Å²) in [6, 6.07) is 13.6. The molecule has 0 atom stereocenters. The van der Waals surface area contributed by atoms with Crippen LogP contribution in [0.1, 0.15) is 11.1 Å². The zero-order chi connectivity index (χ0) is 21.3. The van der Waals surface area contributed by atoms with Crippen LogP contribution in [0, 0.1) is 13.8 Å². The Bertz CT molecular complexity index is 1290. The summed E-state index contributed by atoms with van der Waals surface area (Å²) in [5.41, 5.74) is 2.52. The summed E-state index contributed by atoms with van der Waals surface area (Å²) in [6.45, 7) is 3.46. The Morgan fingerprint density at radius 1 is 1.10 bits per heavy atom. The smallest absolute Gasteiger partial charge is 0.262 e. The number of aryl methyl sites for hydroxylation is 2. The van der Waals surface area contributed by atoms with Gasteiger partial charge in [-0.05, 0) is 67.4 Å². The second-order valence-corrected chi connectivity index (χ2v) is 7.28. The summed E-state index contributed by atoms with van der Waals surface area (Å²) in [7, 11) is 0. The molecule has 0 aliphatic carbocycles. The zero-order valence-corrected chi connectivity index (χ0v) is 17.1. The number of carbonyl (C=O) groups excluding carboxylic acids is 1. The third kappa shape index (κ3) is 3.95. The largest absolute Gasteiger partial charge is 0.476 e. The van der Waals surface area contributed by atoms with Gasteiger partial charge in [0, 0.05) is 10.7 Å². The van der Waals surface area contributed by atoms with E-state index < -0.39 is 5.91 Å². The van der Waals surface area contributed by atoms with E-state index in [1.807, 2.05) is 13.8 Å². The van der Waals surface area contributed by atoms with Gasteiger partial charge in [-0.25, -0.2) is 0 Å². The average molecular weight is 424 g/mol. The number of amides is 1. The molecule has 0 bridgehead atoms. The molecule has 0 saturated heterocycles. The molecule has 7 heteroatoms. The third-order valence-corrected chi connectivity index (χ3v) is 4.90. The van der Waals surface area contributed by atoms with Gasteiger partial charge >= 0.3 is 0 Å². The summed E-state index contributed by atoms with van der Waals surface area (Å²) in [5, 5.41) is 3.54. The Balaban J connectivity index is 1.69. The molecular weight excluding hydrogens is 406 g/mol. The van der Waals surface area contributed by atoms with Crippen LogP contribution in [0.3, 0.4) is 0 Å². The molecule has 0 radical (unpaired) electrons. The highest BCUT2D eigenvalue weighted by molar-refractivity contribution is 6.30.